The van der Waals surface area contributed by atoms with E-state index in [9.17, 15) is 39.8 Å². The molecule has 1 aromatic rings. The molecule has 2 amide bonds. The maximum absolute atomic E-state index is 12.6. The molecule has 3 fully saturated rings. The van der Waals surface area contributed by atoms with E-state index in [0.717, 1.165) is 0 Å². The molecular formula is C25H28N4O9S. The van der Waals surface area contributed by atoms with Crippen molar-refractivity contribution in [2.75, 3.05) is 6.54 Å². The average molecular weight is 561 g/mol. The minimum Gasteiger partial charge on any atom is -0.477 e. The van der Waals surface area contributed by atoms with Crippen LogP contribution in [0.4, 0.5) is 10.5 Å². The second-order valence-corrected chi connectivity index (χ2v) is 11.6. The number of rotatable bonds is 7. The molecule has 4 aliphatic heterocycles. The molecule has 208 valence electrons. The number of non-ortho nitro benzene ring substituents is 1. The Morgan fingerprint density at radius 1 is 1.31 bits per heavy atom. The van der Waals surface area contributed by atoms with Gasteiger partial charge in [0.25, 0.3) is 5.69 Å². The SMILES string of the molecule is C[C@@H](O)[C@H]1C(=O)N2C(C(=O)O)=C(S[C@H]3C[C@H]4[C@@H](O)C/C(=N\C(=O)OCc5ccc([N+](=O)[O-])cc5)N4C3)[C@H](C)[C@H]12. The van der Waals surface area contributed by atoms with Crippen molar-refractivity contribution in [3.63, 3.8) is 0 Å². The number of hydrogen-bond donors (Lipinski definition) is 3. The molecule has 14 heteroatoms. The summed E-state index contributed by atoms with van der Waals surface area (Å²) in [6.45, 7) is 3.69. The molecule has 13 nitrogen and oxygen atoms in total. The average Bonchev–Trinajstić information content (AvgIpc) is 3.49. The molecule has 3 N–H and O–H groups in total. The van der Waals surface area contributed by atoms with Crippen molar-refractivity contribution >= 4 is 41.3 Å². The molecular weight excluding hydrogens is 532 g/mol. The van der Waals surface area contributed by atoms with Crippen molar-refractivity contribution < 1.29 is 39.4 Å². The molecule has 7 atom stereocenters. The number of amidine groups is 1. The molecule has 5 rings (SSSR count). The van der Waals surface area contributed by atoms with E-state index < -0.39 is 41.2 Å². The van der Waals surface area contributed by atoms with Crippen LogP contribution in [0, 0.1) is 22.0 Å². The van der Waals surface area contributed by atoms with Gasteiger partial charge in [-0.3, -0.25) is 14.9 Å². The van der Waals surface area contributed by atoms with Gasteiger partial charge in [-0.2, -0.15) is 4.99 Å². The number of β-lactam (4-membered cyclic amide) rings is 1. The van der Waals surface area contributed by atoms with Crippen LogP contribution in [0.15, 0.2) is 39.9 Å². The van der Waals surface area contributed by atoms with E-state index in [1.807, 2.05) is 11.8 Å². The van der Waals surface area contributed by atoms with Gasteiger partial charge in [-0.15, -0.1) is 11.8 Å². The van der Waals surface area contributed by atoms with Gasteiger partial charge >= 0.3 is 12.1 Å². The fourth-order valence-electron chi connectivity index (χ4n) is 5.98. The van der Waals surface area contributed by atoms with E-state index in [2.05, 4.69) is 4.99 Å². The fraction of sp³-hybridized carbons (Fsp3) is 0.520. The summed E-state index contributed by atoms with van der Waals surface area (Å²) in [5.74, 6) is -2.11. The number of thioether (sulfide) groups is 1. The molecule has 0 bridgehead atoms. The van der Waals surface area contributed by atoms with Gasteiger partial charge < -0.3 is 29.9 Å². The lowest BCUT2D eigenvalue weighted by atomic mass is 9.79. The van der Waals surface area contributed by atoms with Crippen molar-refractivity contribution in [2.45, 2.75) is 62.8 Å². The van der Waals surface area contributed by atoms with E-state index in [1.54, 1.807) is 0 Å². The third-order valence-corrected chi connectivity index (χ3v) is 9.30. The topological polar surface area (TPSA) is 183 Å². The quantitative estimate of drug-likeness (QED) is 0.251. The number of aliphatic carboxylic acids is 1. The molecule has 4 aliphatic rings. The number of carbonyl (C=O) groups excluding carboxylic acids is 2. The van der Waals surface area contributed by atoms with Crippen LogP contribution in [0.5, 0.6) is 0 Å². The van der Waals surface area contributed by atoms with Crippen LogP contribution in [-0.4, -0.2) is 89.9 Å². The molecule has 0 aliphatic carbocycles. The van der Waals surface area contributed by atoms with Gasteiger partial charge in [-0.1, -0.05) is 6.92 Å². The highest BCUT2D eigenvalue weighted by Crippen LogP contribution is 2.52. The van der Waals surface area contributed by atoms with Gasteiger partial charge in [0, 0.05) is 41.2 Å². The van der Waals surface area contributed by atoms with Gasteiger partial charge in [0.2, 0.25) is 5.91 Å². The van der Waals surface area contributed by atoms with Crippen molar-refractivity contribution in [3.05, 3.63) is 50.5 Å². The Hall–Kier alpha value is -3.49. The number of nitro benzene ring substituents is 1. The molecule has 39 heavy (non-hydrogen) atoms. The fourth-order valence-corrected chi connectivity index (χ4v) is 7.52. The summed E-state index contributed by atoms with van der Waals surface area (Å²) in [6, 6.07) is 4.90. The van der Waals surface area contributed by atoms with Crippen LogP contribution in [0.2, 0.25) is 0 Å². The number of carbonyl (C=O) groups is 3. The van der Waals surface area contributed by atoms with E-state index >= 15 is 0 Å². The Bertz CT molecular complexity index is 1280. The summed E-state index contributed by atoms with van der Waals surface area (Å²) in [7, 11) is 0. The zero-order valence-electron chi connectivity index (χ0n) is 21.2. The number of carboxylic acids is 1. The summed E-state index contributed by atoms with van der Waals surface area (Å²) in [6.07, 6.45) is -1.78. The lowest BCUT2D eigenvalue weighted by molar-refractivity contribution is -0.384. The number of carboxylic acid groups (broad SMARTS) is 1. The number of amides is 2. The zero-order valence-corrected chi connectivity index (χ0v) is 22.0. The molecule has 3 saturated heterocycles. The van der Waals surface area contributed by atoms with Gasteiger partial charge in [0.05, 0.1) is 35.1 Å². The Balaban J connectivity index is 1.25. The predicted molar refractivity (Wildman–Crippen MR) is 137 cm³/mol. The normalized spacial score (nSPS) is 31.3. The van der Waals surface area contributed by atoms with Gasteiger partial charge in [0.15, 0.2) is 0 Å². The molecule has 0 radical (unpaired) electrons. The summed E-state index contributed by atoms with van der Waals surface area (Å²) in [5.41, 5.74) is 0.441. The largest absolute Gasteiger partial charge is 0.477 e. The Labute approximate surface area is 227 Å². The third kappa shape index (κ3) is 4.76. The summed E-state index contributed by atoms with van der Waals surface area (Å²) < 4.78 is 5.19. The number of fused-ring (bicyclic) bond motifs is 2. The first-order chi connectivity index (χ1) is 18.5. The number of nitro groups is 1. The van der Waals surface area contributed by atoms with E-state index in [-0.39, 0.29) is 47.5 Å². The second-order valence-electron chi connectivity index (χ2n) is 10.2. The smallest absolute Gasteiger partial charge is 0.435 e. The molecule has 4 heterocycles. The van der Waals surface area contributed by atoms with Crippen LogP contribution in [0.3, 0.4) is 0 Å². The highest BCUT2D eigenvalue weighted by molar-refractivity contribution is 8.03. The monoisotopic (exact) mass is 560 g/mol. The first kappa shape index (κ1) is 27.1. The number of benzene rings is 1. The van der Waals surface area contributed by atoms with Crippen LogP contribution in [-0.2, 0) is 20.9 Å². The maximum Gasteiger partial charge on any atom is 0.435 e. The molecule has 0 aromatic heterocycles. The summed E-state index contributed by atoms with van der Waals surface area (Å²) in [5, 5.41) is 41.2. The highest BCUT2D eigenvalue weighted by Gasteiger charge is 2.60. The molecule has 0 saturated carbocycles. The Morgan fingerprint density at radius 3 is 2.62 bits per heavy atom. The maximum atomic E-state index is 12.6. The van der Waals surface area contributed by atoms with E-state index in [0.29, 0.717) is 29.3 Å². The van der Waals surface area contributed by atoms with Crippen molar-refractivity contribution in [1.82, 2.24) is 9.80 Å². The van der Waals surface area contributed by atoms with Crippen molar-refractivity contribution in [3.8, 4) is 0 Å². The zero-order chi connectivity index (χ0) is 28.2. The van der Waals surface area contributed by atoms with Crippen molar-refractivity contribution in [2.24, 2.45) is 16.8 Å². The lowest BCUT2D eigenvalue weighted by Crippen LogP contribution is -2.63. The summed E-state index contributed by atoms with van der Waals surface area (Å²) >= 11 is 1.36. The Morgan fingerprint density at radius 2 is 2.00 bits per heavy atom. The van der Waals surface area contributed by atoms with Gasteiger partial charge in [-0.25, -0.2) is 9.59 Å². The number of aliphatic hydroxyl groups is 2. The minimum atomic E-state index is -1.19. The van der Waals surface area contributed by atoms with Crippen LogP contribution in [0.1, 0.15) is 32.3 Å². The van der Waals surface area contributed by atoms with Gasteiger partial charge in [-0.05, 0) is 31.0 Å². The number of hydrogen-bond acceptors (Lipinski definition) is 9. The third-order valence-electron chi connectivity index (χ3n) is 7.81. The molecule has 1 aromatic carbocycles. The second kappa shape index (κ2) is 10.2. The van der Waals surface area contributed by atoms with Crippen LogP contribution < -0.4 is 0 Å². The minimum absolute atomic E-state index is 0.0456. The predicted octanol–water partition coefficient (Wildman–Crippen LogP) is 1.72. The first-order valence-electron chi connectivity index (χ1n) is 12.6. The van der Waals surface area contributed by atoms with Crippen molar-refractivity contribution in [1.29, 1.82) is 0 Å². The van der Waals surface area contributed by atoms with Gasteiger partial charge in [0.1, 0.15) is 18.1 Å². The van der Waals surface area contributed by atoms with E-state index in [1.165, 1.54) is 47.9 Å². The first-order valence-corrected chi connectivity index (χ1v) is 13.4. The number of aliphatic hydroxyl groups excluding tert-OH is 2. The lowest BCUT2D eigenvalue weighted by Gasteiger charge is -2.46. The number of nitrogens with zero attached hydrogens (tertiary/aromatic N) is 4. The van der Waals surface area contributed by atoms with E-state index in [4.69, 9.17) is 4.74 Å². The number of ether oxygens (including phenoxy) is 1. The molecule has 0 spiro atoms. The molecule has 0 unspecified atom stereocenters. The standard InChI is InChI=1S/C25H28N4O9S/c1-11-20-19(12(2)30)23(32)28(20)21(24(33)34)22(11)39-15-7-16-17(31)8-18(27(16)9-15)26-25(35)38-10-13-3-5-14(6-4-13)29(36)37/h3-6,11-12,15-17,19-20,30-31H,7-10H2,1-2H3,(H,33,34)/b26-18+/t11-,12-,15+,16+,17+,19-,20-/m1/s1. The number of aliphatic imine (C=N–C) groups is 1. The van der Waals surface area contributed by atoms with Crippen LogP contribution >= 0.6 is 11.8 Å². The van der Waals surface area contributed by atoms with Crippen LogP contribution in [0.25, 0.3) is 0 Å². The summed E-state index contributed by atoms with van der Waals surface area (Å²) in [4.78, 5) is 55.1. The highest BCUT2D eigenvalue weighted by atomic mass is 32.2. The Kier molecular flexibility index (Phi) is 7.11.